The number of carbonyl (C=O) groups is 2. The van der Waals surface area contributed by atoms with Gasteiger partial charge in [0.25, 0.3) is 11.8 Å². The van der Waals surface area contributed by atoms with Crippen molar-refractivity contribution >= 4 is 17.5 Å². The zero-order valence-electron chi connectivity index (χ0n) is 15.3. The molecule has 1 saturated carbocycles. The Bertz CT molecular complexity index is 608. The number of hydrogen-bond acceptors (Lipinski definition) is 2. The Hall–Kier alpha value is -1.95. The third-order valence-electron chi connectivity index (χ3n) is 5.09. The second-order valence-corrected chi connectivity index (χ2v) is 7.31. The summed E-state index contributed by atoms with van der Waals surface area (Å²) in [5, 5.41) is 5.77. The highest BCUT2D eigenvalue weighted by Crippen LogP contribution is 2.29. The van der Waals surface area contributed by atoms with Crippen LogP contribution in [-0.4, -0.2) is 38.0 Å². The van der Waals surface area contributed by atoms with Gasteiger partial charge >= 0.3 is 0 Å². The molecule has 1 aliphatic rings. The smallest absolute Gasteiger partial charge is 0.279 e. The topological polar surface area (TPSA) is 62.6 Å². The van der Waals surface area contributed by atoms with E-state index in [2.05, 4.69) is 24.5 Å². The standard InChI is InChI=1S/C19H28FN3O2/c1-13-6-4-9-17(14(13)2)22-19(25)12-23(3)11-18(24)21-16-8-5-7-15(20)10-16/h5,7-8,10,13-14,17H,4,6,9,11-12H2,1-3H3,(H,21,24)(H,22,25)/p+1/t13-,14-,17+/m1/s1. The van der Waals surface area contributed by atoms with Crippen LogP contribution in [0.4, 0.5) is 10.1 Å². The number of rotatable bonds is 6. The van der Waals surface area contributed by atoms with Crippen LogP contribution in [0.1, 0.15) is 33.1 Å². The molecule has 0 aromatic heterocycles. The maximum Gasteiger partial charge on any atom is 0.279 e. The van der Waals surface area contributed by atoms with E-state index < -0.39 is 5.82 Å². The van der Waals surface area contributed by atoms with E-state index in [-0.39, 0.29) is 30.9 Å². The van der Waals surface area contributed by atoms with Gasteiger partial charge in [-0.2, -0.15) is 0 Å². The largest absolute Gasteiger partial charge is 0.348 e. The summed E-state index contributed by atoms with van der Waals surface area (Å²) in [5.41, 5.74) is 0.423. The van der Waals surface area contributed by atoms with Crippen molar-refractivity contribution in [2.24, 2.45) is 11.8 Å². The highest BCUT2D eigenvalue weighted by atomic mass is 19.1. The van der Waals surface area contributed by atoms with Crippen molar-refractivity contribution in [2.75, 3.05) is 25.5 Å². The Balaban J connectivity index is 1.76. The number of halogens is 1. The normalized spacial score (nSPS) is 24.4. The highest BCUT2D eigenvalue weighted by Gasteiger charge is 2.28. The van der Waals surface area contributed by atoms with Crippen molar-refractivity contribution in [2.45, 2.75) is 39.2 Å². The van der Waals surface area contributed by atoms with Gasteiger partial charge in [0, 0.05) is 11.7 Å². The molecule has 1 aliphatic carbocycles. The van der Waals surface area contributed by atoms with E-state index in [9.17, 15) is 14.0 Å². The maximum atomic E-state index is 13.1. The minimum Gasteiger partial charge on any atom is -0.348 e. The van der Waals surface area contributed by atoms with Crippen molar-refractivity contribution in [3.05, 3.63) is 30.1 Å². The van der Waals surface area contributed by atoms with Gasteiger partial charge in [-0.25, -0.2) is 4.39 Å². The zero-order valence-corrected chi connectivity index (χ0v) is 15.3. The third-order valence-corrected chi connectivity index (χ3v) is 5.09. The van der Waals surface area contributed by atoms with Gasteiger partial charge < -0.3 is 15.5 Å². The van der Waals surface area contributed by atoms with E-state index in [1.165, 1.54) is 18.6 Å². The molecule has 0 spiro atoms. The first-order valence-electron chi connectivity index (χ1n) is 9.01. The lowest BCUT2D eigenvalue weighted by atomic mass is 9.78. The van der Waals surface area contributed by atoms with Gasteiger partial charge in [-0.1, -0.05) is 32.8 Å². The lowest BCUT2D eigenvalue weighted by Gasteiger charge is -2.34. The molecule has 25 heavy (non-hydrogen) atoms. The lowest BCUT2D eigenvalue weighted by Crippen LogP contribution is -3.11. The van der Waals surface area contributed by atoms with Gasteiger partial charge in [0.15, 0.2) is 13.1 Å². The van der Waals surface area contributed by atoms with Gasteiger partial charge in [-0.3, -0.25) is 9.59 Å². The monoisotopic (exact) mass is 350 g/mol. The first-order valence-corrected chi connectivity index (χ1v) is 9.01. The van der Waals surface area contributed by atoms with Crippen LogP contribution in [0.2, 0.25) is 0 Å². The molecule has 0 aliphatic heterocycles. The van der Waals surface area contributed by atoms with Crippen LogP contribution in [-0.2, 0) is 9.59 Å². The molecule has 6 heteroatoms. The molecule has 5 nitrogen and oxygen atoms in total. The van der Waals surface area contributed by atoms with Gasteiger partial charge in [0.2, 0.25) is 0 Å². The van der Waals surface area contributed by atoms with Crippen LogP contribution in [0, 0.1) is 17.7 Å². The summed E-state index contributed by atoms with van der Waals surface area (Å²) in [7, 11) is 1.80. The Kier molecular flexibility index (Phi) is 6.93. The van der Waals surface area contributed by atoms with E-state index >= 15 is 0 Å². The molecule has 1 aromatic carbocycles. The molecule has 0 saturated heterocycles. The molecule has 4 atom stereocenters. The van der Waals surface area contributed by atoms with E-state index in [0.29, 0.717) is 17.5 Å². The minimum atomic E-state index is -0.395. The lowest BCUT2D eigenvalue weighted by molar-refractivity contribution is -0.862. The average molecular weight is 350 g/mol. The van der Waals surface area contributed by atoms with E-state index in [0.717, 1.165) is 17.7 Å². The Morgan fingerprint density at radius 3 is 2.64 bits per heavy atom. The van der Waals surface area contributed by atoms with E-state index in [4.69, 9.17) is 0 Å². The molecule has 2 amide bonds. The van der Waals surface area contributed by atoms with Gasteiger partial charge in [-0.05, 0) is 36.5 Å². The number of benzene rings is 1. The summed E-state index contributed by atoms with van der Waals surface area (Å²) in [6.45, 7) is 4.82. The Morgan fingerprint density at radius 1 is 1.20 bits per heavy atom. The molecule has 0 radical (unpaired) electrons. The minimum absolute atomic E-state index is 0.0259. The molecule has 1 unspecified atom stereocenters. The maximum absolute atomic E-state index is 13.1. The van der Waals surface area contributed by atoms with Crippen LogP contribution in [0.15, 0.2) is 24.3 Å². The SMILES string of the molecule is C[C@@H]1[C@H](C)CCC[C@@H]1NC(=O)C[NH+](C)CC(=O)Nc1cccc(F)c1. The number of hydrogen-bond donors (Lipinski definition) is 3. The van der Waals surface area contributed by atoms with Crippen molar-refractivity contribution in [3.63, 3.8) is 0 Å². The zero-order chi connectivity index (χ0) is 18.4. The molecule has 0 heterocycles. The van der Waals surface area contributed by atoms with E-state index in [1.807, 2.05) is 0 Å². The Morgan fingerprint density at radius 2 is 1.92 bits per heavy atom. The molecule has 0 bridgehead atoms. The number of amides is 2. The Labute approximate surface area is 149 Å². The molecule has 1 fully saturated rings. The van der Waals surface area contributed by atoms with Crippen LogP contribution < -0.4 is 15.5 Å². The third kappa shape index (κ3) is 6.12. The summed E-state index contributed by atoms with van der Waals surface area (Å²) in [6.07, 6.45) is 3.39. The number of anilines is 1. The number of carbonyl (C=O) groups excluding carboxylic acids is 2. The number of quaternary nitrogens is 1. The van der Waals surface area contributed by atoms with Crippen LogP contribution in [0.3, 0.4) is 0 Å². The van der Waals surface area contributed by atoms with Crippen molar-refractivity contribution in [1.82, 2.24) is 5.32 Å². The second kappa shape index (κ2) is 8.94. The van der Waals surface area contributed by atoms with Crippen LogP contribution in [0.25, 0.3) is 0 Å². The van der Waals surface area contributed by atoms with Crippen LogP contribution >= 0.6 is 0 Å². The first kappa shape index (κ1) is 19.4. The van der Waals surface area contributed by atoms with Crippen LogP contribution in [0.5, 0.6) is 0 Å². The molecular formula is C19H29FN3O2+. The fraction of sp³-hybridized carbons (Fsp3) is 0.579. The summed E-state index contributed by atoms with van der Waals surface area (Å²) >= 11 is 0. The first-order chi connectivity index (χ1) is 11.8. The predicted octanol–water partition coefficient (Wildman–Crippen LogP) is 1.22. The van der Waals surface area contributed by atoms with Crippen molar-refractivity contribution < 1.29 is 18.9 Å². The average Bonchev–Trinajstić information content (AvgIpc) is 2.51. The second-order valence-electron chi connectivity index (χ2n) is 7.31. The molecule has 1 aromatic rings. The predicted molar refractivity (Wildman–Crippen MR) is 95.8 cm³/mol. The molecule has 138 valence electrons. The van der Waals surface area contributed by atoms with Crippen molar-refractivity contribution in [3.8, 4) is 0 Å². The fourth-order valence-electron chi connectivity index (χ4n) is 3.43. The summed E-state index contributed by atoms with van der Waals surface area (Å²) < 4.78 is 13.1. The molecule has 2 rings (SSSR count). The van der Waals surface area contributed by atoms with E-state index in [1.54, 1.807) is 19.2 Å². The van der Waals surface area contributed by atoms with Gasteiger partial charge in [-0.15, -0.1) is 0 Å². The summed E-state index contributed by atoms with van der Waals surface area (Å²) in [6, 6.07) is 6.00. The molecular weight excluding hydrogens is 321 g/mol. The van der Waals surface area contributed by atoms with Gasteiger partial charge in [0.05, 0.1) is 7.05 Å². The quantitative estimate of drug-likeness (QED) is 0.722. The summed E-state index contributed by atoms with van der Waals surface area (Å²) in [4.78, 5) is 25.1. The fourth-order valence-corrected chi connectivity index (χ4v) is 3.43. The highest BCUT2D eigenvalue weighted by molar-refractivity contribution is 5.91. The van der Waals surface area contributed by atoms with Gasteiger partial charge in [0.1, 0.15) is 5.82 Å². The molecule has 3 N–H and O–H groups in total. The summed E-state index contributed by atoms with van der Waals surface area (Å²) in [5.74, 6) is 0.446. The number of nitrogens with one attached hydrogen (secondary N) is 3. The van der Waals surface area contributed by atoms with Crippen molar-refractivity contribution in [1.29, 1.82) is 0 Å². The number of likely N-dealkylation sites (N-methyl/N-ethyl adjacent to an activating group) is 1.